The SMILES string of the molecule is O=C(O)CCSC1=NS(=O)(=O)c2cc(F)ccc2N1. The predicted molar refractivity (Wildman–Crippen MR) is 69.4 cm³/mol. The maximum Gasteiger partial charge on any atom is 0.304 e. The molecule has 0 unspecified atom stereocenters. The van der Waals surface area contributed by atoms with Gasteiger partial charge in [0.1, 0.15) is 10.7 Å². The Hall–Kier alpha value is -1.61. The summed E-state index contributed by atoms with van der Waals surface area (Å²) >= 11 is 0.981. The maximum atomic E-state index is 13.0. The number of carbonyl (C=O) groups is 1. The van der Waals surface area contributed by atoms with Crippen LogP contribution in [0.15, 0.2) is 27.5 Å². The second kappa shape index (κ2) is 5.17. The summed E-state index contributed by atoms with van der Waals surface area (Å²) in [7, 11) is -3.95. The number of nitrogens with one attached hydrogen (secondary N) is 1. The Balaban J connectivity index is 2.22. The van der Waals surface area contributed by atoms with Crippen molar-refractivity contribution in [3.8, 4) is 0 Å². The summed E-state index contributed by atoms with van der Waals surface area (Å²) in [4.78, 5) is 10.1. The molecule has 0 spiro atoms. The highest BCUT2D eigenvalue weighted by Crippen LogP contribution is 2.30. The van der Waals surface area contributed by atoms with E-state index >= 15 is 0 Å². The molecule has 0 amide bonds. The predicted octanol–water partition coefficient (Wildman–Crippen LogP) is 1.50. The second-order valence-electron chi connectivity index (χ2n) is 3.63. The third-order valence-corrected chi connectivity index (χ3v) is 4.53. The zero-order valence-electron chi connectivity index (χ0n) is 9.46. The zero-order chi connectivity index (χ0) is 14.0. The number of nitrogens with zero attached hydrogens (tertiary/aromatic N) is 1. The lowest BCUT2D eigenvalue weighted by Gasteiger charge is -2.17. The lowest BCUT2D eigenvalue weighted by Crippen LogP contribution is -2.19. The molecular formula is C10H9FN2O4S2. The van der Waals surface area contributed by atoms with Gasteiger partial charge < -0.3 is 10.4 Å². The van der Waals surface area contributed by atoms with Crippen molar-refractivity contribution in [3.63, 3.8) is 0 Å². The van der Waals surface area contributed by atoms with Crippen LogP contribution >= 0.6 is 11.8 Å². The number of aliphatic carboxylic acids is 1. The average Bonchev–Trinajstić information content (AvgIpc) is 2.29. The van der Waals surface area contributed by atoms with Gasteiger partial charge in [-0.25, -0.2) is 4.39 Å². The maximum absolute atomic E-state index is 13.0. The van der Waals surface area contributed by atoms with E-state index in [0.29, 0.717) is 0 Å². The Labute approximate surface area is 112 Å². The molecule has 19 heavy (non-hydrogen) atoms. The van der Waals surface area contributed by atoms with Gasteiger partial charge in [0.2, 0.25) is 0 Å². The first kappa shape index (κ1) is 13.8. The van der Waals surface area contributed by atoms with Crippen LogP contribution in [0.4, 0.5) is 10.1 Å². The number of rotatable bonds is 3. The van der Waals surface area contributed by atoms with Gasteiger partial charge in [0.05, 0.1) is 12.1 Å². The molecule has 0 bridgehead atoms. The van der Waals surface area contributed by atoms with Crippen LogP contribution in [0.3, 0.4) is 0 Å². The normalized spacial score (nSPS) is 16.2. The fourth-order valence-corrected chi connectivity index (χ4v) is 3.58. The minimum absolute atomic E-state index is 0.0837. The topological polar surface area (TPSA) is 95.8 Å². The van der Waals surface area contributed by atoms with Crippen LogP contribution in [0.1, 0.15) is 6.42 Å². The van der Waals surface area contributed by atoms with E-state index in [1.165, 1.54) is 6.07 Å². The van der Waals surface area contributed by atoms with Gasteiger partial charge in [-0.05, 0) is 18.2 Å². The van der Waals surface area contributed by atoms with Crippen LogP contribution in [0.5, 0.6) is 0 Å². The molecule has 1 aromatic rings. The molecule has 1 aliphatic heterocycles. The van der Waals surface area contributed by atoms with Gasteiger partial charge >= 0.3 is 5.97 Å². The third-order valence-electron chi connectivity index (χ3n) is 2.22. The highest BCUT2D eigenvalue weighted by Gasteiger charge is 2.25. The van der Waals surface area contributed by atoms with Gasteiger partial charge in [0.25, 0.3) is 10.0 Å². The zero-order valence-corrected chi connectivity index (χ0v) is 11.1. The van der Waals surface area contributed by atoms with Crippen LogP contribution in [0.2, 0.25) is 0 Å². The van der Waals surface area contributed by atoms with Crippen molar-refractivity contribution in [2.24, 2.45) is 4.40 Å². The number of anilines is 1. The van der Waals surface area contributed by atoms with Crippen LogP contribution < -0.4 is 5.32 Å². The van der Waals surface area contributed by atoms with E-state index in [-0.39, 0.29) is 27.9 Å². The Morgan fingerprint density at radius 1 is 1.47 bits per heavy atom. The van der Waals surface area contributed by atoms with E-state index in [9.17, 15) is 17.6 Å². The number of carboxylic acid groups (broad SMARTS) is 1. The summed E-state index contributed by atoms with van der Waals surface area (Å²) < 4.78 is 40.1. The van der Waals surface area contributed by atoms with Gasteiger partial charge in [-0.15, -0.1) is 4.40 Å². The quantitative estimate of drug-likeness (QED) is 0.878. The number of thioether (sulfide) groups is 1. The molecule has 9 heteroatoms. The van der Waals surface area contributed by atoms with E-state index in [1.54, 1.807) is 0 Å². The van der Waals surface area contributed by atoms with Gasteiger partial charge in [0, 0.05) is 5.75 Å². The fraction of sp³-hybridized carbons (Fsp3) is 0.200. The first-order chi connectivity index (χ1) is 8.88. The van der Waals surface area contributed by atoms with E-state index in [2.05, 4.69) is 9.71 Å². The first-order valence-corrected chi connectivity index (χ1v) is 7.57. The summed E-state index contributed by atoms with van der Waals surface area (Å²) in [5.74, 6) is -1.46. The Morgan fingerprint density at radius 3 is 2.89 bits per heavy atom. The molecule has 0 radical (unpaired) electrons. The van der Waals surface area contributed by atoms with E-state index in [4.69, 9.17) is 5.11 Å². The van der Waals surface area contributed by atoms with Crippen molar-refractivity contribution >= 4 is 38.6 Å². The molecule has 0 atom stereocenters. The van der Waals surface area contributed by atoms with Crippen LogP contribution in [0.25, 0.3) is 0 Å². The summed E-state index contributed by atoms with van der Waals surface area (Å²) in [6.07, 6.45) is -0.109. The van der Waals surface area contributed by atoms with Gasteiger partial charge in [-0.1, -0.05) is 11.8 Å². The number of carboxylic acids is 1. The first-order valence-electron chi connectivity index (χ1n) is 5.14. The number of halogens is 1. The lowest BCUT2D eigenvalue weighted by atomic mass is 10.3. The standard InChI is InChI=1S/C10H9FN2O4S2/c11-6-1-2-7-8(5-6)19(16,17)13-10(12-7)18-4-3-9(14)15/h1-2,5H,3-4H2,(H,12,13)(H,14,15). The number of sulfonamides is 1. The molecule has 0 saturated heterocycles. The molecule has 102 valence electrons. The van der Waals surface area contributed by atoms with Crippen LogP contribution in [-0.4, -0.2) is 30.4 Å². The van der Waals surface area contributed by atoms with Crippen molar-refractivity contribution in [1.29, 1.82) is 0 Å². The molecular weight excluding hydrogens is 295 g/mol. The summed E-state index contributed by atoms with van der Waals surface area (Å²) in [5.41, 5.74) is 0.231. The van der Waals surface area contributed by atoms with E-state index in [1.807, 2.05) is 0 Å². The van der Waals surface area contributed by atoms with Crippen molar-refractivity contribution in [3.05, 3.63) is 24.0 Å². The monoisotopic (exact) mass is 304 g/mol. The molecule has 1 heterocycles. The van der Waals surface area contributed by atoms with Gasteiger partial charge in [-0.3, -0.25) is 4.79 Å². The fourth-order valence-electron chi connectivity index (χ4n) is 1.41. The Morgan fingerprint density at radius 2 is 2.21 bits per heavy atom. The number of amidine groups is 1. The Kier molecular flexibility index (Phi) is 3.76. The number of hydrogen-bond donors (Lipinski definition) is 2. The van der Waals surface area contributed by atoms with E-state index in [0.717, 1.165) is 23.9 Å². The summed E-state index contributed by atoms with van der Waals surface area (Å²) in [6.45, 7) is 0. The summed E-state index contributed by atoms with van der Waals surface area (Å²) in [6, 6.07) is 3.32. The third kappa shape index (κ3) is 3.24. The van der Waals surface area contributed by atoms with Gasteiger partial charge in [0.15, 0.2) is 5.17 Å². The molecule has 0 aliphatic carbocycles. The molecule has 2 N–H and O–H groups in total. The average molecular weight is 304 g/mol. The highest BCUT2D eigenvalue weighted by molar-refractivity contribution is 8.14. The van der Waals surface area contributed by atoms with Crippen molar-refractivity contribution in [2.75, 3.05) is 11.1 Å². The van der Waals surface area contributed by atoms with Crippen molar-refractivity contribution in [1.82, 2.24) is 0 Å². The number of fused-ring (bicyclic) bond motifs is 1. The molecule has 6 nitrogen and oxygen atoms in total. The minimum atomic E-state index is -3.95. The molecule has 1 aromatic carbocycles. The molecule has 0 saturated carbocycles. The smallest absolute Gasteiger partial charge is 0.304 e. The largest absolute Gasteiger partial charge is 0.481 e. The minimum Gasteiger partial charge on any atom is -0.481 e. The molecule has 2 rings (SSSR count). The number of hydrogen-bond acceptors (Lipinski definition) is 5. The second-order valence-corrected chi connectivity index (χ2v) is 6.29. The molecule has 0 aromatic heterocycles. The van der Waals surface area contributed by atoms with Crippen molar-refractivity contribution in [2.45, 2.75) is 11.3 Å². The highest BCUT2D eigenvalue weighted by atomic mass is 32.2. The van der Waals surface area contributed by atoms with Crippen LogP contribution in [-0.2, 0) is 14.8 Å². The van der Waals surface area contributed by atoms with Crippen LogP contribution in [0, 0.1) is 5.82 Å². The van der Waals surface area contributed by atoms with E-state index < -0.39 is 21.8 Å². The molecule has 1 aliphatic rings. The molecule has 0 fully saturated rings. The van der Waals surface area contributed by atoms with Gasteiger partial charge in [-0.2, -0.15) is 8.42 Å². The van der Waals surface area contributed by atoms with Crippen molar-refractivity contribution < 1.29 is 22.7 Å². The Bertz CT molecular complexity index is 657. The number of benzene rings is 1. The lowest BCUT2D eigenvalue weighted by molar-refractivity contribution is -0.136. The summed E-state index contributed by atoms with van der Waals surface area (Å²) in [5, 5.41) is 11.3.